The smallest absolute Gasteiger partial charge is 0.147 e. The van der Waals surface area contributed by atoms with E-state index in [9.17, 15) is 8.42 Å². The molecule has 0 amide bonds. The highest BCUT2D eigenvalue weighted by atomic mass is 32.2. The van der Waals surface area contributed by atoms with E-state index < -0.39 is 9.84 Å². The molecule has 1 atom stereocenters. The molecule has 0 aliphatic heterocycles. The van der Waals surface area contributed by atoms with Crippen molar-refractivity contribution in [2.75, 3.05) is 12.0 Å². The molecule has 1 aromatic heterocycles. The molecule has 0 radical (unpaired) electrons. The molecule has 2 N–H and O–H groups in total. The second kappa shape index (κ2) is 5.63. The van der Waals surface area contributed by atoms with Crippen molar-refractivity contribution in [1.29, 1.82) is 0 Å². The Kier molecular flexibility index (Phi) is 4.85. The Morgan fingerprint density at radius 2 is 2.00 bits per heavy atom. The fourth-order valence-corrected chi connectivity index (χ4v) is 3.25. The molecule has 5 nitrogen and oxygen atoms in total. The van der Waals surface area contributed by atoms with E-state index in [1.807, 2.05) is 0 Å². The lowest BCUT2D eigenvalue weighted by Crippen LogP contribution is -2.19. The topological polar surface area (TPSA) is 85.9 Å². The van der Waals surface area contributed by atoms with Crippen LogP contribution >= 0.6 is 11.5 Å². The van der Waals surface area contributed by atoms with Crippen molar-refractivity contribution in [3.05, 3.63) is 10.6 Å². The van der Waals surface area contributed by atoms with Gasteiger partial charge >= 0.3 is 0 Å². The lowest BCUT2D eigenvalue weighted by molar-refractivity contribution is 0.541. The summed E-state index contributed by atoms with van der Waals surface area (Å²) in [6.07, 6.45) is 2.45. The maximum atomic E-state index is 11.1. The van der Waals surface area contributed by atoms with Crippen LogP contribution in [0.1, 0.15) is 50.2 Å². The number of hydrogen-bond acceptors (Lipinski definition) is 6. The van der Waals surface area contributed by atoms with Gasteiger partial charge in [0, 0.05) is 23.5 Å². The normalized spacial score (nSPS) is 14.7. The first-order valence-corrected chi connectivity index (χ1v) is 8.70. The standard InChI is InChI=1S/C11H21N3O2S2/c1-11(2,3)10-9(17-14-13-10)8(12)6-5-7-18(4,15)16/h8H,5-7,12H2,1-4H3. The zero-order valence-electron chi connectivity index (χ0n) is 11.3. The summed E-state index contributed by atoms with van der Waals surface area (Å²) in [6.45, 7) is 6.20. The quantitative estimate of drug-likeness (QED) is 0.891. The van der Waals surface area contributed by atoms with E-state index in [0.29, 0.717) is 12.8 Å². The average molecular weight is 291 g/mol. The molecule has 1 heterocycles. The predicted octanol–water partition coefficient (Wildman–Crippen LogP) is 1.66. The van der Waals surface area contributed by atoms with Gasteiger partial charge in [-0.3, -0.25) is 0 Å². The Labute approximate surface area is 113 Å². The molecule has 0 saturated heterocycles. The second-order valence-corrected chi connectivity index (χ2v) is 8.66. The van der Waals surface area contributed by atoms with Crippen molar-refractivity contribution in [3.8, 4) is 0 Å². The van der Waals surface area contributed by atoms with Crippen LogP contribution in [0.3, 0.4) is 0 Å². The molecule has 1 unspecified atom stereocenters. The van der Waals surface area contributed by atoms with Crippen LogP contribution in [0.2, 0.25) is 0 Å². The summed E-state index contributed by atoms with van der Waals surface area (Å²) < 4.78 is 26.1. The van der Waals surface area contributed by atoms with Crippen LogP contribution in [0.25, 0.3) is 0 Å². The highest BCUT2D eigenvalue weighted by Crippen LogP contribution is 2.31. The van der Waals surface area contributed by atoms with Crippen LogP contribution in [0.4, 0.5) is 0 Å². The van der Waals surface area contributed by atoms with Crippen LogP contribution in [0.15, 0.2) is 0 Å². The fourth-order valence-electron chi connectivity index (χ4n) is 1.66. The summed E-state index contributed by atoms with van der Waals surface area (Å²) in [5.41, 5.74) is 6.93. The molecule has 18 heavy (non-hydrogen) atoms. The van der Waals surface area contributed by atoms with E-state index in [2.05, 4.69) is 30.4 Å². The minimum absolute atomic E-state index is 0.0865. The number of nitrogens with zero attached hydrogens (tertiary/aromatic N) is 2. The van der Waals surface area contributed by atoms with E-state index in [1.165, 1.54) is 17.8 Å². The van der Waals surface area contributed by atoms with Crippen molar-refractivity contribution in [1.82, 2.24) is 9.59 Å². The van der Waals surface area contributed by atoms with Gasteiger partial charge in [-0.1, -0.05) is 25.3 Å². The van der Waals surface area contributed by atoms with Crippen LogP contribution in [0, 0.1) is 0 Å². The molecule has 0 aliphatic carbocycles. The monoisotopic (exact) mass is 291 g/mol. The maximum absolute atomic E-state index is 11.1. The van der Waals surface area contributed by atoms with Crippen LogP contribution in [-0.2, 0) is 15.3 Å². The second-order valence-electron chi connectivity index (χ2n) is 5.61. The first-order chi connectivity index (χ1) is 8.11. The van der Waals surface area contributed by atoms with E-state index in [1.54, 1.807) is 0 Å². The Bertz CT molecular complexity index is 489. The predicted molar refractivity (Wildman–Crippen MR) is 74.5 cm³/mol. The average Bonchev–Trinajstić information content (AvgIpc) is 2.62. The van der Waals surface area contributed by atoms with Crippen molar-refractivity contribution in [2.24, 2.45) is 5.73 Å². The third-order valence-corrected chi connectivity index (χ3v) is 4.48. The number of aromatic nitrogens is 2. The van der Waals surface area contributed by atoms with Gasteiger partial charge in [0.1, 0.15) is 9.84 Å². The Morgan fingerprint density at radius 3 is 2.50 bits per heavy atom. The molecule has 104 valence electrons. The highest BCUT2D eigenvalue weighted by Gasteiger charge is 2.25. The molecular weight excluding hydrogens is 270 g/mol. The molecule has 0 aliphatic rings. The maximum Gasteiger partial charge on any atom is 0.147 e. The third-order valence-electron chi connectivity index (χ3n) is 2.59. The van der Waals surface area contributed by atoms with Crippen molar-refractivity contribution < 1.29 is 8.42 Å². The summed E-state index contributed by atoms with van der Waals surface area (Å²) in [4.78, 5) is 0.969. The van der Waals surface area contributed by atoms with E-state index >= 15 is 0 Å². The van der Waals surface area contributed by atoms with Gasteiger partial charge in [0.25, 0.3) is 0 Å². The number of sulfone groups is 1. The molecular formula is C11H21N3O2S2. The first-order valence-electron chi connectivity index (χ1n) is 5.87. The zero-order valence-corrected chi connectivity index (χ0v) is 12.9. The largest absolute Gasteiger partial charge is 0.323 e. The Balaban J connectivity index is 2.68. The summed E-state index contributed by atoms with van der Waals surface area (Å²) >= 11 is 1.31. The third kappa shape index (κ3) is 4.62. The number of rotatable bonds is 5. The summed E-state index contributed by atoms with van der Waals surface area (Å²) in [6, 6.07) is -0.180. The summed E-state index contributed by atoms with van der Waals surface area (Å²) in [5, 5.41) is 4.14. The van der Waals surface area contributed by atoms with Gasteiger partial charge in [0.05, 0.1) is 10.6 Å². The molecule has 0 spiro atoms. The highest BCUT2D eigenvalue weighted by molar-refractivity contribution is 7.90. The van der Waals surface area contributed by atoms with Crippen molar-refractivity contribution in [3.63, 3.8) is 0 Å². The number of nitrogens with two attached hydrogens (primary N) is 1. The molecule has 0 aromatic carbocycles. The molecule has 1 rings (SSSR count). The summed E-state index contributed by atoms with van der Waals surface area (Å²) in [5.74, 6) is 0.178. The lowest BCUT2D eigenvalue weighted by Gasteiger charge is -2.19. The zero-order chi connectivity index (χ0) is 14.0. The van der Waals surface area contributed by atoms with E-state index in [0.717, 1.165) is 10.6 Å². The van der Waals surface area contributed by atoms with Crippen molar-refractivity contribution in [2.45, 2.75) is 45.1 Å². The van der Waals surface area contributed by atoms with Crippen molar-refractivity contribution >= 4 is 21.4 Å². The molecule has 7 heteroatoms. The van der Waals surface area contributed by atoms with E-state index in [-0.39, 0.29) is 17.2 Å². The lowest BCUT2D eigenvalue weighted by atomic mass is 9.89. The van der Waals surface area contributed by atoms with Gasteiger partial charge in [-0.15, -0.1) is 5.10 Å². The van der Waals surface area contributed by atoms with Gasteiger partial charge < -0.3 is 5.73 Å². The van der Waals surface area contributed by atoms with Gasteiger partial charge in [-0.2, -0.15) is 0 Å². The van der Waals surface area contributed by atoms with Gasteiger partial charge in [0.2, 0.25) is 0 Å². The van der Waals surface area contributed by atoms with Gasteiger partial charge in [-0.05, 0) is 24.4 Å². The Hall–Kier alpha value is -0.530. The van der Waals surface area contributed by atoms with Crippen LogP contribution < -0.4 is 5.73 Å². The molecule has 1 aromatic rings. The van der Waals surface area contributed by atoms with Gasteiger partial charge in [-0.25, -0.2) is 8.42 Å². The van der Waals surface area contributed by atoms with Gasteiger partial charge in [0.15, 0.2) is 0 Å². The SMILES string of the molecule is CC(C)(C)c1nnsc1C(N)CCCS(C)(=O)=O. The minimum atomic E-state index is -2.91. The Morgan fingerprint density at radius 1 is 1.39 bits per heavy atom. The van der Waals surface area contributed by atoms with Crippen LogP contribution in [-0.4, -0.2) is 30.0 Å². The summed E-state index contributed by atoms with van der Waals surface area (Å²) in [7, 11) is -2.91. The van der Waals surface area contributed by atoms with Crippen LogP contribution in [0.5, 0.6) is 0 Å². The molecule has 0 fully saturated rings. The number of hydrogen-bond donors (Lipinski definition) is 1. The minimum Gasteiger partial charge on any atom is -0.323 e. The van der Waals surface area contributed by atoms with E-state index in [4.69, 9.17) is 5.73 Å². The fraction of sp³-hybridized carbons (Fsp3) is 0.818. The molecule has 0 bridgehead atoms. The molecule has 0 saturated carbocycles. The first kappa shape index (κ1) is 15.5.